The van der Waals surface area contributed by atoms with Crippen molar-refractivity contribution in [1.29, 1.82) is 5.26 Å². The summed E-state index contributed by atoms with van der Waals surface area (Å²) in [6.45, 7) is 0.184. The molecule has 0 saturated carbocycles. The first-order chi connectivity index (χ1) is 7.16. The molecule has 0 aliphatic heterocycles. The molecule has 0 aliphatic carbocycles. The van der Waals surface area contributed by atoms with Crippen molar-refractivity contribution in [3.05, 3.63) is 23.8 Å². The van der Waals surface area contributed by atoms with E-state index in [0.29, 0.717) is 0 Å². The van der Waals surface area contributed by atoms with E-state index in [1.54, 1.807) is 0 Å². The number of phenolic OH excluding ortho intramolecular Hbond substituents is 2. The summed E-state index contributed by atoms with van der Waals surface area (Å²) < 4.78 is 0. The predicted molar refractivity (Wildman–Crippen MR) is 52.3 cm³/mol. The van der Waals surface area contributed by atoms with Crippen LogP contribution in [0.1, 0.15) is 16.8 Å². The Hall–Kier alpha value is -2.22. The summed E-state index contributed by atoms with van der Waals surface area (Å²) in [6.07, 6.45) is 0.181. The number of carbonyl (C=O) groups is 1. The van der Waals surface area contributed by atoms with E-state index in [1.165, 1.54) is 18.2 Å². The standard InChI is InChI=1S/C10H10N2O3/c11-5-2-6-12-10(15)9-7(13)3-1-4-8(9)14/h1,3-4,13-14H,2,6H2,(H,12,15). The second-order valence-corrected chi connectivity index (χ2v) is 2.84. The molecule has 78 valence electrons. The van der Waals surface area contributed by atoms with Gasteiger partial charge in [0.1, 0.15) is 17.1 Å². The fourth-order valence-corrected chi connectivity index (χ4v) is 1.08. The van der Waals surface area contributed by atoms with E-state index in [0.717, 1.165) is 0 Å². The molecule has 0 atom stereocenters. The number of aromatic hydroxyl groups is 2. The molecule has 0 saturated heterocycles. The molecule has 1 rings (SSSR count). The largest absolute Gasteiger partial charge is 0.507 e. The van der Waals surface area contributed by atoms with E-state index in [1.807, 2.05) is 6.07 Å². The Balaban J connectivity index is 2.78. The third kappa shape index (κ3) is 2.61. The summed E-state index contributed by atoms with van der Waals surface area (Å²) in [5.74, 6) is -1.17. The number of nitriles is 1. The van der Waals surface area contributed by atoms with E-state index in [-0.39, 0.29) is 30.0 Å². The summed E-state index contributed by atoms with van der Waals surface area (Å²) in [5.41, 5.74) is -0.171. The maximum Gasteiger partial charge on any atom is 0.258 e. The van der Waals surface area contributed by atoms with Crippen LogP contribution >= 0.6 is 0 Å². The van der Waals surface area contributed by atoms with Crippen LogP contribution in [0.3, 0.4) is 0 Å². The molecule has 0 heterocycles. The highest BCUT2D eigenvalue weighted by molar-refractivity contribution is 5.99. The van der Waals surface area contributed by atoms with E-state index >= 15 is 0 Å². The van der Waals surface area contributed by atoms with Crippen LogP contribution in [-0.2, 0) is 0 Å². The van der Waals surface area contributed by atoms with Gasteiger partial charge in [0.05, 0.1) is 12.5 Å². The Morgan fingerprint density at radius 1 is 1.40 bits per heavy atom. The predicted octanol–water partition coefficient (Wildman–Crippen LogP) is 0.741. The van der Waals surface area contributed by atoms with E-state index in [4.69, 9.17) is 5.26 Å². The van der Waals surface area contributed by atoms with Crippen molar-refractivity contribution in [3.8, 4) is 17.6 Å². The molecule has 1 amide bonds. The molecular formula is C10H10N2O3. The normalized spacial score (nSPS) is 9.27. The van der Waals surface area contributed by atoms with E-state index in [9.17, 15) is 15.0 Å². The molecule has 0 radical (unpaired) electrons. The van der Waals surface area contributed by atoms with Gasteiger partial charge in [-0.25, -0.2) is 0 Å². The van der Waals surface area contributed by atoms with Crippen LogP contribution in [0, 0.1) is 11.3 Å². The minimum Gasteiger partial charge on any atom is -0.507 e. The van der Waals surface area contributed by atoms with Gasteiger partial charge in [-0.05, 0) is 12.1 Å². The molecule has 5 heteroatoms. The first kappa shape index (κ1) is 10.9. The van der Waals surface area contributed by atoms with Gasteiger partial charge in [-0.2, -0.15) is 5.26 Å². The fourth-order valence-electron chi connectivity index (χ4n) is 1.08. The third-order valence-corrected chi connectivity index (χ3v) is 1.77. The van der Waals surface area contributed by atoms with E-state index < -0.39 is 5.91 Å². The maximum absolute atomic E-state index is 11.4. The van der Waals surface area contributed by atoms with Crippen molar-refractivity contribution in [2.24, 2.45) is 0 Å². The molecule has 15 heavy (non-hydrogen) atoms. The molecule has 5 nitrogen and oxygen atoms in total. The highest BCUT2D eigenvalue weighted by atomic mass is 16.3. The number of benzene rings is 1. The van der Waals surface area contributed by atoms with Gasteiger partial charge in [-0.15, -0.1) is 0 Å². The van der Waals surface area contributed by atoms with Crippen LogP contribution in [-0.4, -0.2) is 22.7 Å². The summed E-state index contributed by atoms with van der Waals surface area (Å²) in [5, 5.41) is 29.3. The molecule has 1 aromatic carbocycles. The summed E-state index contributed by atoms with van der Waals surface area (Å²) in [6, 6.07) is 5.90. The van der Waals surface area contributed by atoms with Crippen molar-refractivity contribution in [2.45, 2.75) is 6.42 Å². The van der Waals surface area contributed by atoms with Crippen molar-refractivity contribution in [2.75, 3.05) is 6.54 Å². The molecule has 0 aromatic heterocycles. The molecule has 0 bridgehead atoms. The van der Waals surface area contributed by atoms with Crippen LogP contribution in [0.15, 0.2) is 18.2 Å². The first-order valence-corrected chi connectivity index (χ1v) is 4.33. The summed E-state index contributed by atoms with van der Waals surface area (Å²) >= 11 is 0. The molecular weight excluding hydrogens is 196 g/mol. The van der Waals surface area contributed by atoms with Gasteiger partial charge in [0.2, 0.25) is 0 Å². The van der Waals surface area contributed by atoms with Gasteiger partial charge in [-0.3, -0.25) is 4.79 Å². The van der Waals surface area contributed by atoms with Crippen LogP contribution in [0.25, 0.3) is 0 Å². The minimum absolute atomic E-state index is 0.171. The van der Waals surface area contributed by atoms with Crippen molar-refractivity contribution in [3.63, 3.8) is 0 Å². The van der Waals surface area contributed by atoms with Gasteiger partial charge in [0.25, 0.3) is 5.91 Å². The summed E-state index contributed by atoms with van der Waals surface area (Å²) in [4.78, 5) is 11.4. The Labute approximate surface area is 86.6 Å². The van der Waals surface area contributed by atoms with Crippen molar-refractivity contribution < 1.29 is 15.0 Å². The topological polar surface area (TPSA) is 93.4 Å². The van der Waals surface area contributed by atoms with Gasteiger partial charge >= 0.3 is 0 Å². The zero-order valence-electron chi connectivity index (χ0n) is 7.90. The molecule has 0 aliphatic rings. The Bertz CT molecular complexity index is 389. The average molecular weight is 206 g/mol. The van der Waals surface area contributed by atoms with Gasteiger partial charge in [-0.1, -0.05) is 6.07 Å². The molecule has 3 N–H and O–H groups in total. The van der Waals surface area contributed by atoms with Crippen molar-refractivity contribution >= 4 is 5.91 Å². The number of hydrogen-bond donors (Lipinski definition) is 3. The number of amides is 1. The zero-order chi connectivity index (χ0) is 11.3. The second-order valence-electron chi connectivity index (χ2n) is 2.84. The number of nitrogens with zero attached hydrogens (tertiary/aromatic N) is 1. The lowest BCUT2D eigenvalue weighted by Crippen LogP contribution is -2.24. The van der Waals surface area contributed by atoms with E-state index in [2.05, 4.69) is 5.32 Å². The van der Waals surface area contributed by atoms with Crippen LogP contribution < -0.4 is 5.32 Å². The van der Waals surface area contributed by atoms with Crippen LogP contribution in [0.5, 0.6) is 11.5 Å². The number of carbonyl (C=O) groups excluding carboxylic acids is 1. The third-order valence-electron chi connectivity index (χ3n) is 1.77. The Kier molecular flexibility index (Phi) is 3.52. The van der Waals surface area contributed by atoms with Crippen LogP contribution in [0.2, 0.25) is 0 Å². The number of phenols is 2. The highest BCUT2D eigenvalue weighted by Crippen LogP contribution is 2.25. The lowest BCUT2D eigenvalue weighted by Gasteiger charge is -2.06. The Morgan fingerprint density at radius 2 is 2.00 bits per heavy atom. The second kappa shape index (κ2) is 4.86. The zero-order valence-corrected chi connectivity index (χ0v) is 7.90. The molecule has 0 fully saturated rings. The van der Waals surface area contributed by atoms with Crippen molar-refractivity contribution in [1.82, 2.24) is 5.32 Å². The minimum atomic E-state index is -0.596. The van der Waals surface area contributed by atoms with Crippen LogP contribution in [0.4, 0.5) is 0 Å². The van der Waals surface area contributed by atoms with Gasteiger partial charge < -0.3 is 15.5 Å². The van der Waals surface area contributed by atoms with Gasteiger partial charge in [0, 0.05) is 6.54 Å². The fraction of sp³-hybridized carbons (Fsp3) is 0.200. The Morgan fingerprint density at radius 3 is 2.53 bits per heavy atom. The first-order valence-electron chi connectivity index (χ1n) is 4.33. The number of hydrogen-bond acceptors (Lipinski definition) is 4. The monoisotopic (exact) mass is 206 g/mol. The number of nitrogens with one attached hydrogen (secondary N) is 1. The smallest absolute Gasteiger partial charge is 0.258 e. The lowest BCUT2D eigenvalue weighted by atomic mass is 10.1. The quantitative estimate of drug-likeness (QED) is 0.636. The SMILES string of the molecule is N#CCCNC(=O)c1c(O)cccc1O. The average Bonchev–Trinajstić information content (AvgIpc) is 2.18. The molecule has 1 aromatic rings. The highest BCUT2D eigenvalue weighted by Gasteiger charge is 2.14. The summed E-state index contributed by atoms with van der Waals surface area (Å²) in [7, 11) is 0. The molecule has 0 unspecified atom stereocenters. The molecule has 0 spiro atoms. The number of rotatable bonds is 3. The van der Waals surface area contributed by atoms with Gasteiger partial charge in [0.15, 0.2) is 0 Å². The lowest BCUT2D eigenvalue weighted by molar-refractivity contribution is 0.0949. The maximum atomic E-state index is 11.4.